The molecule has 0 aliphatic carbocycles. The van der Waals surface area contributed by atoms with Gasteiger partial charge in [-0.15, -0.1) is 13.2 Å². The van der Waals surface area contributed by atoms with Crippen LogP contribution in [-0.4, -0.2) is 6.36 Å². The fourth-order valence-corrected chi connectivity index (χ4v) is 1.91. The molecule has 0 atom stereocenters. The van der Waals surface area contributed by atoms with Crippen LogP contribution < -0.4 is 4.74 Å². The summed E-state index contributed by atoms with van der Waals surface area (Å²) in [5, 5.41) is 8.91. The molecule has 2 aromatic carbocycles. The Morgan fingerprint density at radius 1 is 1.10 bits per heavy atom. The van der Waals surface area contributed by atoms with Crippen molar-refractivity contribution in [3.05, 3.63) is 53.6 Å². The number of ether oxygens (including phenoxy) is 1. The van der Waals surface area contributed by atoms with Crippen LogP contribution in [0.15, 0.2) is 42.5 Å². The van der Waals surface area contributed by atoms with Crippen LogP contribution >= 0.6 is 0 Å². The summed E-state index contributed by atoms with van der Waals surface area (Å²) in [5.41, 5.74) is 2.29. The average molecular weight is 277 g/mol. The van der Waals surface area contributed by atoms with Crippen LogP contribution in [0.2, 0.25) is 0 Å². The molecule has 0 aliphatic heterocycles. The molecule has 0 fully saturated rings. The van der Waals surface area contributed by atoms with E-state index in [9.17, 15) is 13.2 Å². The summed E-state index contributed by atoms with van der Waals surface area (Å²) in [6, 6.07) is 13.0. The van der Waals surface area contributed by atoms with Crippen molar-refractivity contribution in [1.82, 2.24) is 0 Å². The molecule has 0 bridgehead atoms. The number of hydrogen-bond acceptors (Lipinski definition) is 2. The van der Waals surface area contributed by atoms with Gasteiger partial charge in [0.05, 0.1) is 11.6 Å². The van der Waals surface area contributed by atoms with E-state index in [-0.39, 0.29) is 5.56 Å². The van der Waals surface area contributed by atoms with E-state index in [0.29, 0.717) is 5.56 Å². The minimum atomic E-state index is -4.78. The number of halogens is 3. The third-order valence-corrected chi connectivity index (χ3v) is 2.73. The van der Waals surface area contributed by atoms with E-state index in [2.05, 4.69) is 4.74 Å². The van der Waals surface area contributed by atoms with Gasteiger partial charge in [-0.05, 0) is 41.8 Å². The third-order valence-electron chi connectivity index (χ3n) is 2.73. The minimum Gasteiger partial charge on any atom is -0.406 e. The van der Waals surface area contributed by atoms with E-state index < -0.39 is 12.1 Å². The van der Waals surface area contributed by atoms with Crippen LogP contribution in [0, 0.1) is 18.3 Å². The largest absolute Gasteiger partial charge is 0.573 e. The molecule has 0 amide bonds. The van der Waals surface area contributed by atoms with Gasteiger partial charge in [-0.3, -0.25) is 0 Å². The van der Waals surface area contributed by atoms with E-state index in [0.717, 1.165) is 17.2 Å². The van der Waals surface area contributed by atoms with Crippen molar-refractivity contribution in [1.29, 1.82) is 5.26 Å². The lowest BCUT2D eigenvalue weighted by Gasteiger charge is -2.12. The first-order chi connectivity index (χ1) is 9.39. The van der Waals surface area contributed by atoms with Gasteiger partial charge in [-0.2, -0.15) is 5.26 Å². The molecule has 20 heavy (non-hydrogen) atoms. The van der Waals surface area contributed by atoms with Crippen molar-refractivity contribution in [2.24, 2.45) is 0 Å². The predicted molar refractivity (Wildman–Crippen MR) is 68.0 cm³/mol. The molecular formula is C15H10F3NO. The highest BCUT2D eigenvalue weighted by Gasteiger charge is 2.31. The molecule has 0 unspecified atom stereocenters. The summed E-state index contributed by atoms with van der Waals surface area (Å²) in [5.74, 6) is -0.394. The number of aryl methyl sites for hydroxylation is 1. The Labute approximate surface area is 114 Å². The molecule has 0 aromatic heterocycles. The van der Waals surface area contributed by atoms with Crippen molar-refractivity contribution < 1.29 is 17.9 Å². The monoisotopic (exact) mass is 277 g/mol. The van der Waals surface area contributed by atoms with Crippen molar-refractivity contribution in [2.45, 2.75) is 13.3 Å². The van der Waals surface area contributed by atoms with E-state index in [1.165, 1.54) is 12.1 Å². The second-order valence-electron chi connectivity index (χ2n) is 4.22. The average Bonchev–Trinajstić information content (AvgIpc) is 2.36. The number of rotatable bonds is 2. The summed E-state index contributed by atoms with van der Waals surface area (Å²) in [6.07, 6.45) is -4.78. The van der Waals surface area contributed by atoms with Gasteiger partial charge < -0.3 is 4.74 Å². The van der Waals surface area contributed by atoms with Crippen LogP contribution in [0.4, 0.5) is 13.2 Å². The molecule has 102 valence electrons. The lowest BCUT2D eigenvalue weighted by Crippen LogP contribution is -2.17. The van der Waals surface area contributed by atoms with Crippen molar-refractivity contribution in [2.75, 3.05) is 0 Å². The molecule has 0 radical (unpaired) electrons. The normalized spacial score (nSPS) is 10.9. The Hall–Kier alpha value is -2.48. The molecule has 2 rings (SSSR count). The van der Waals surface area contributed by atoms with Gasteiger partial charge in [-0.1, -0.05) is 24.3 Å². The Morgan fingerprint density at radius 2 is 1.80 bits per heavy atom. The molecule has 5 heteroatoms. The van der Waals surface area contributed by atoms with Gasteiger partial charge in [0, 0.05) is 0 Å². The van der Waals surface area contributed by atoms with Gasteiger partial charge in [0.15, 0.2) is 0 Å². The molecule has 0 N–H and O–H groups in total. The Balaban J connectivity index is 2.52. The molecule has 0 heterocycles. The van der Waals surface area contributed by atoms with Crippen molar-refractivity contribution in [3.63, 3.8) is 0 Å². The second kappa shape index (κ2) is 5.25. The molecule has 0 aliphatic rings. The summed E-state index contributed by atoms with van der Waals surface area (Å²) in [6.45, 7) is 1.85. The van der Waals surface area contributed by atoms with Gasteiger partial charge in [0.2, 0.25) is 0 Å². The van der Waals surface area contributed by atoms with E-state index in [1.807, 2.05) is 25.1 Å². The zero-order valence-electron chi connectivity index (χ0n) is 10.5. The van der Waals surface area contributed by atoms with Crippen LogP contribution in [-0.2, 0) is 0 Å². The highest BCUT2D eigenvalue weighted by atomic mass is 19.4. The topological polar surface area (TPSA) is 33.0 Å². The molecule has 2 aromatic rings. The standard InChI is InChI=1S/C15H10F3NO/c1-10-4-2-3-5-14(10)12-6-11(9-19)7-13(8-12)20-15(16,17)18/h2-8H,1H3. The quantitative estimate of drug-likeness (QED) is 0.813. The van der Waals surface area contributed by atoms with E-state index in [1.54, 1.807) is 12.1 Å². The van der Waals surface area contributed by atoms with Crippen LogP contribution in [0.5, 0.6) is 5.75 Å². The van der Waals surface area contributed by atoms with Crippen LogP contribution in [0.1, 0.15) is 11.1 Å². The lowest BCUT2D eigenvalue weighted by molar-refractivity contribution is -0.274. The molecule has 0 spiro atoms. The highest BCUT2D eigenvalue weighted by Crippen LogP contribution is 2.31. The Morgan fingerprint density at radius 3 is 2.40 bits per heavy atom. The number of nitriles is 1. The number of hydrogen-bond donors (Lipinski definition) is 0. The van der Waals surface area contributed by atoms with Crippen LogP contribution in [0.3, 0.4) is 0 Å². The Bertz CT molecular complexity index is 672. The molecule has 2 nitrogen and oxygen atoms in total. The van der Waals surface area contributed by atoms with Gasteiger partial charge in [0.25, 0.3) is 0 Å². The maximum absolute atomic E-state index is 12.3. The summed E-state index contributed by atoms with van der Waals surface area (Å²) < 4.78 is 40.8. The predicted octanol–water partition coefficient (Wildman–Crippen LogP) is 4.43. The fraction of sp³-hybridized carbons (Fsp3) is 0.133. The summed E-state index contributed by atoms with van der Waals surface area (Å²) >= 11 is 0. The SMILES string of the molecule is Cc1ccccc1-c1cc(C#N)cc(OC(F)(F)F)c1. The van der Waals surface area contributed by atoms with E-state index in [4.69, 9.17) is 5.26 Å². The minimum absolute atomic E-state index is 0.116. The smallest absolute Gasteiger partial charge is 0.406 e. The molecule has 0 saturated heterocycles. The van der Waals surface area contributed by atoms with E-state index >= 15 is 0 Å². The highest BCUT2D eigenvalue weighted by molar-refractivity contribution is 5.70. The first-order valence-electron chi connectivity index (χ1n) is 5.76. The second-order valence-corrected chi connectivity index (χ2v) is 4.22. The maximum Gasteiger partial charge on any atom is 0.573 e. The van der Waals surface area contributed by atoms with Gasteiger partial charge >= 0.3 is 6.36 Å². The van der Waals surface area contributed by atoms with Crippen molar-refractivity contribution in [3.8, 4) is 22.9 Å². The third kappa shape index (κ3) is 3.29. The Kier molecular flexibility index (Phi) is 3.66. The molecule has 0 saturated carbocycles. The zero-order valence-corrected chi connectivity index (χ0v) is 10.5. The zero-order chi connectivity index (χ0) is 14.8. The van der Waals surface area contributed by atoms with Crippen LogP contribution in [0.25, 0.3) is 11.1 Å². The fourth-order valence-electron chi connectivity index (χ4n) is 1.91. The summed E-state index contributed by atoms with van der Waals surface area (Å²) in [4.78, 5) is 0. The lowest BCUT2D eigenvalue weighted by atomic mass is 9.99. The maximum atomic E-state index is 12.3. The van der Waals surface area contributed by atoms with Gasteiger partial charge in [-0.25, -0.2) is 0 Å². The molecular weight excluding hydrogens is 267 g/mol. The number of alkyl halides is 3. The van der Waals surface area contributed by atoms with Gasteiger partial charge in [0.1, 0.15) is 5.75 Å². The summed E-state index contributed by atoms with van der Waals surface area (Å²) in [7, 11) is 0. The first kappa shape index (κ1) is 13.9. The van der Waals surface area contributed by atoms with Crippen molar-refractivity contribution >= 4 is 0 Å². The first-order valence-corrected chi connectivity index (χ1v) is 5.76. The number of nitrogens with zero attached hydrogens (tertiary/aromatic N) is 1. The number of benzene rings is 2.